The second kappa shape index (κ2) is 6.74. The van der Waals surface area contributed by atoms with E-state index >= 15 is 0 Å². The number of ether oxygens (including phenoxy) is 1. The normalized spacial score (nSPS) is 19.7. The summed E-state index contributed by atoms with van der Waals surface area (Å²) in [7, 11) is 0. The average Bonchev–Trinajstić information content (AvgIpc) is 3.20. The number of hydrogen-bond donors (Lipinski definition) is 0. The van der Waals surface area contributed by atoms with Crippen LogP contribution in [-0.2, 0) is 11.3 Å². The molecule has 29 heavy (non-hydrogen) atoms. The van der Waals surface area contributed by atoms with Crippen molar-refractivity contribution in [2.75, 3.05) is 18.1 Å². The molecule has 7 nitrogen and oxygen atoms in total. The fourth-order valence-electron chi connectivity index (χ4n) is 4.37. The number of pyridine rings is 1. The van der Waals surface area contributed by atoms with E-state index in [4.69, 9.17) is 9.72 Å². The highest BCUT2D eigenvalue weighted by Gasteiger charge is 2.35. The highest BCUT2D eigenvalue weighted by Crippen LogP contribution is 2.41. The number of thiophene rings is 1. The van der Waals surface area contributed by atoms with E-state index in [1.807, 2.05) is 18.2 Å². The van der Waals surface area contributed by atoms with Gasteiger partial charge in [-0.05, 0) is 60.2 Å². The molecule has 0 unspecified atom stereocenters. The van der Waals surface area contributed by atoms with E-state index in [0.717, 1.165) is 55.3 Å². The summed E-state index contributed by atoms with van der Waals surface area (Å²) in [4.78, 5) is 20.6. The van der Waals surface area contributed by atoms with E-state index in [2.05, 4.69) is 20.1 Å². The first kappa shape index (κ1) is 17.3. The molecule has 148 valence electrons. The molecule has 1 saturated heterocycles. The van der Waals surface area contributed by atoms with Crippen LogP contribution >= 0.6 is 11.3 Å². The van der Waals surface area contributed by atoms with Crippen LogP contribution in [-0.4, -0.2) is 38.9 Å². The molecule has 0 spiro atoms. The van der Waals surface area contributed by atoms with Gasteiger partial charge >= 0.3 is 0 Å². The van der Waals surface area contributed by atoms with Crippen molar-refractivity contribution < 1.29 is 9.53 Å². The molecule has 0 radical (unpaired) electrons. The summed E-state index contributed by atoms with van der Waals surface area (Å²) in [6.07, 6.45) is 6.15. The molecular weight excluding hydrogens is 386 g/mol. The van der Waals surface area contributed by atoms with Crippen molar-refractivity contribution in [2.45, 2.75) is 44.2 Å². The predicted octanol–water partition coefficient (Wildman–Crippen LogP) is 3.79. The van der Waals surface area contributed by atoms with Crippen LogP contribution in [0.15, 0.2) is 29.9 Å². The summed E-state index contributed by atoms with van der Waals surface area (Å²) in [5.74, 6) is 2.00. The quantitative estimate of drug-likeness (QED) is 0.658. The van der Waals surface area contributed by atoms with E-state index in [1.165, 1.54) is 11.1 Å². The van der Waals surface area contributed by atoms with Crippen LogP contribution in [0.5, 0.6) is 0 Å². The number of fused-ring (bicyclic) bond motifs is 1. The molecule has 1 aliphatic carbocycles. The smallest absolute Gasteiger partial charge is 0.270 e. The molecule has 0 atom stereocenters. The van der Waals surface area contributed by atoms with Gasteiger partial charge < -0.3 is 9.30 Å². The van der Waals surface area contributed by atoms with E-state index in [1.54, 1.807) is 22.6 Å². The summed E-state index contributed by atoms with van der Waals surface area (Å²) < 4.78 is 7.61. The minimum atomic E-state index is 0.0524. The van der Waals surface area contributed by atoms with Crippen molar-refractivity contribution in [1.82, 2.24) is 19.7 Å². The van der Waals surface area contributed by atoms with Gasteiger partial charge in [0.2, 0.25) is 0 Å². The summed E-state index contributed by atoms with van der Waals surface area (Å²) in [6.45, 7) is 2.20. The molecule has 5 heterocycles. The number of anilines is 1. The highest BCUT2D eigenvalue weighted by atomic mass is 32.1. The van der Waals surface area contributed by atoms with Gasteiger partial charge in [-0.25, -0.2) is 4.98 Å². The van der Waals surface area contributed by atoms with Crippen LogP contribution in [0.4, 0.5) is 5.82 Å². The zero-order chi connectivity index (χ0) is 19.4. The molecule has 0 N–H and O–H groups in total. The lowest BCUT2D eigenvalue weighted by Gasteiger charge is -2.23. The average molecular weight is 407 g/mol. The lowest BCUT2D eigenvalue weighted by atomic mass is 9.91. The third-order valence-electron chi connectivity index (χ3n) is 6.10. The highest BCUT2D eigenvalue weighted by molar-refractivity contribution is 7.12. The zero-order valence-corrected chi connectivity index (χ0v) is 16.8. The van der Waals surface area contributed by atoms with Crippen molar-refractivity contribution in [3.05, 3.63) is 45.9 Å². The molecule has 3 aromatic rings. The minimum absolute atomic E-state index is 0.0524. The molecular formula is C21H21N5O2S. The van der Waals surface area contributed by atoms with E-state index in [9.17, 15) is 4.79 Å². The molecule has 1 saturated carbocycles. The predicted molar refractivity (Wildman–Crippen MR) is 109 cm³/mol. The van der Waals surface area contributed by atoms with Gasteiger partial charge in [0.05, 0.1) is 11.4 Å². The van der Waals surface area contributed by atoms with Crippen LogP contribution < -0.4 is 4.90 Å². The fourth-order valence-corrected chi connectivity index (χ4v) is 5.49. The Hall–Kier alpha value is -2.58. The third kappa shape index (κ3) is 2.89. The Morgan fingerprint density at radius 3 is 2.83 bits per heavy atom. The standard InChI is InChI=1S/C21H21N5O2S/c27-21-19-15(16(11-29-19)13-6-8-28-9-7-13)10-25(21)18-3-1-2-17(23-18)20-24-22-12-26(20)14-4-5-14/h1-3,11-14H,4-10H2. The lowest BCUT2D eigenvalue weighted by Crippen LogP contribution is -2.24. The van der Waals surface area contributed by atoms with Crippen molar-refractivity contribution >= 4 is 23.1 Å². The maximum absolute atomic E-state index is 13.1. The molecule has 2 fully saturated rings. The maximum Gasteiger partial charge on any atom is 0.270 e. The summed E-state index contributed by atoms with van der Waals surface area (Å²) in [5.41, 5.74) is 3.27. The summed E-state index contributed by atoms with van der Waals surface area (Å²) in [6, 6.07) is 6.27. The Labute approximate surface area is 172 Å². The first-order chi connectivity index (χ1) is 14.3. The van der Waals surface area contributed by atoms with E-state index < -0.39 is 0 Å². The van der Waals surface area contributed by atoms with E-state index in [-0.39, 0.29) is 5.91 Å². The number of hydrogen-bond acceptors (Lipinski definition) is 6. The Morgan fingerprint density at radius 2 is 2.00 bits per heavy atom. The second-order valence-electron chi connectivity index (χ2n) is 7.95. The number of carbonyl (C=O) groups excluding carboxylic acids is 1. The fraction of sp³-hybridized carbons (Fsp3) is 0.429. The molecule has 3 aliphatic rings. The summed E-state index contributed by atoms with van der Waals surface area (Å²) in [5, 5.41) is 10.5. The molecule has 2 aliphatic heterocycles. The topological polar surface area (TPSA) is 73.1 Å². The Morgan fingerprint density at radius 1 is 1.14 bits per heavy atom. The minimum Gasteiger partial charge on any atom is -0.381 e. The zero-order valence-electron chi connectivity index (χ0n) is 16.0. The largest absolute Gasteiger partial charge is 0.381 e. The maximum atomic E-state index is 13.1. The number of rotatable bonds is 4. The Balaban J connectivity index is 1.31. The molecule has 0 aromatic carbocycles. The van der Waals surface area contributed by atoms with E-state index in [0.29, 0.717) is 24.3 Å². The Bertz CT molecular complexity index is 1080. The first-order valence-electron chi connectivity index (χ1n) is 10.2. The number of aromatic nitrogens is 4. The molecule has 3 aromatic heterocycles. The van der Waals surface area contributed by atoms with Crippen LogP contribution in [0, 0.1) is 0 Å². The van der Waals surface area contributed by atoms with Crippen molar-refractivity contribution in [3.63, 3.8) is 0 Å². The molecule has 0 bridgehead atoms. The van der Waals surface area contributed by atoms with Gasteiger partial charge in [-0.1, -0.05) is 6.07 Å². The van der Waals surface area contributed by atoms with Crippen molar-refractivity contribution in [3.8, 4) is 11.5 Å². The third-order valence-corrected chi connectivity index (χ3v) is 7.12. The van der Waals surface area contributed by atoms with Gasteiger partial charge in [0.1, 0.15) is 17.8 Å². The summed E-state index contributed by atoms with van der Waals surface area (Å²) >= 11 is 1.57. The van der Waals surface area contributed by atoms with Crippen molar-refractivity contribution in [1.29, 1.82) is 0 Å². The number of amides is 1. The molecule has 1 amide bonds. The van der Waals surface area contributed by atoms with Gasteiger partial charge in [-0.3, -0.25) is 9.69 Å². The van der Waals surface area contributed by atoms with Gasteiger partial charge in [-0.2, -0.15) is 0 Å². The van der Waals surface area contributed by atoms with Crippen LogP contribution in [0.25, 0.3) is 11.5 Å². The van der Waals surface area contributed by atoms with Crippen LogP contribution in [0.1, 0.15) is 58.4 Å². The van der Waals surface area contributed by atoms with Crippen LogP contribution in [0.2, 0.25) is 0 Å². The number of carbonyl (C=O) groups is 1. The number of nitrogens with zero attached hydrogens (tertiary/aromatic N) is 5. The second-order valence-corrected chi connectivity index (χ2v) is 8.83. The van der Waals surface area contributed by atoms with Gasteiger partial charge in [-0.15, -0.1) is 21.5 Å². The lowest BCUT2D eigenvalue weighted by molar-refractivity contribution is 0.0852. The van der Waals surface area contributed by atoms with Gasteiger partial charge in [0.25, 0.3) is 5.91 Å². The Kier molecular flexibility index (Phi) is 4.02. The van der Waals surface area contributed by atoms with Gasteiger partial charge in [0.15, 0.2) is 5.82 Å². The van der Waals surface area contributed by atoms with Gasteiger partial charge in [0, 0.05) is 19.3 Å². The van der Waals surface area contributed by atoms with Crippen molar-refractivity contribution in [2.24, 2.45) is 0 Å². The SMILES string of the molecule is O=C1c2scc(C3CCOCC3)c2CN1c1cccc(-c2nncn2C2CC2)n1. The molecule has 8 heteroatoms. The van der Waals surface area contributed by atoms with Crippen LogP contribution in [0.3, 0.4) is 0 Å². The first-order valence-corrected chi connectivity index (χ1v) is 11.0. The molecule has 6 rings (SSSR count). The monoisotopic (exact) mass is 407 g/mol.